The van der Waals surface area contributed by atoms with Crippen molar-refractivity contribution in [3.63, 3.8) is 0 Å². The average molecular weight is 396 g/mol. The Kier molecular flexibility index (Phi) is 5.83. The maximum Gasteiger partial charge on any atom is 0.145 e. The van der Waals surface area contributed by atoms with E-state index in [4.69, 9.17) is 9.84 Å². The molecule has 0 aliphatic carbocycles. The van der Waals surface area contributed by atoms with Gasteiger partial charge in [0.25, 0.3) is 0 Å². The lowest BCUT2D eigenvalue weighted by molar-refractivity contribution is 0.305. The first kappa shape index (κ1) is 19.4. The topological polar surface area (TPSA) is 80.2 Å². The number of hydrogen-bond acceptors (Lipinski definition) is 6. The molecule has 0 bridgehead atoms. The van der Waals surface area contributed by atoms with Gasteiger partial charge in [-0.25, -0.2) is 9.97 Å². The predicted molar refractivity (Wildman–Crippen MR) is 117 cm³/mol. The van der Waals surface area contributed by atoms with Gasteiger partial charge in [0, 0.05) is 29.3 Å². The first-order chi connectivity index (χ1) is 14.7. The van der Waals surface area contributed by atoms with E-state index in [2.05, 4.69) is 32.1 Å². The van der Waals surface area contributed by atoms with E-state index in [0.29, 0.717) is 18.0 Å². The summed E-state index contributed by atoms with van der Waals surface area (Å²) in [4.78, 5) is 12.8. The van der Waals surface area contributed by atoms with Crippen molar-refractivity contribution in [3.05, 3.63) is 78.4 Å². The van der Waals surface area contributed by atoms with Gasteiger partial charge in [0.15, 0.2) is 0 Å². The Balaban J connectivity index is 1.60. The minimum atomic E-state index is 0.0519. The first-order valence-corrected chi connectivity index (χ1v) is 9.53. The van der Waals surface area contributed by atoms with Crippen molar-refractivity contribution in [3.8, 4) is 23.3 Å². The van der Waals surface area contributed by atoms with Crippen LogP contribution in [0.1, 0.15) is 17.5 Å². The molecule has 0 aliphatic heterocycles. The molecule has 0 atom stereocenters. The molecule has 0 saturated heterocycles. The number of hydrogen-bond donors (Lipinski definition) is 2. The summed E-state index contributed by atoms with van der Waals surface area (Å²) in [6, 6.07) is 15.4. The summed E-state index contributed by atoms with van der Waals surface area (Å²) in [5.41, 5.74) is 3.55. The molecule has 0 aliphatic rings. The van der Waals surface area contributed by atoms with Crippen LogP contribution in [0.15, 0.2) is 67.3 Å². The largest absolute Gasteiger partial charge is 0.455 e. The molecule has 2 heterocycles. The molecule has 0 unspecified atom stereocenters. The Morgan fingerprint density at radius 2 is 2.03 bits per heavy atom. The highest BCUT2D eigenvalue weighted by atomic mass is 16.5. The van der Waals surface area contributed by atoms with Crippen LogP contribution >= 0.6 is 0 Å². The van der Waals surface area contributed by atoms with E-state index in [0.717, 1.165) is 33.5 Å². The van der Waals surface area contributed by atoms with Crippen LogP contribution in [0.25, 0.3) is 10.9 Å². The summed E-state index contributed by atoms with van der Waals surface area (Å²) in [5.74, 6) is 8.15. The monoisotopic (exact) mass is 396 g/mol. The van der Waals surface area contributed by atoms with Gasteiger partial charge in [-0.3, -0.25) is 4.98 Å². The average Bonchev–Trinajstić information content (AvgIpc) is 2.77. The number of aryl methyl sites for hydroxylation is 1. The summed E-state index contributed by atoms with van der Waals surface area (Å²) < 4.78 is 5.90. The molecule has 0 fully saturated rings. The number of ether oxygens (including phenoxy) is 1. The van der Waals surface area contributed by atoms with Gasteiger partial charge in [0.1, 0.15) is 23.6 Å². The zero-order valence-corrected chi connectivity index (χ0v) is 16.5. The van der Waals surface area contributed by atoms with E-state index in [-0.39, 0.29) is 6.61 Å². The lowest BCUT2D eigenvalue weighted by Gasteiger charge is -2.12. The van der Waals surface area contributed by atoms with Crippen LogP contribution in [0.4, 0.5) is 11.5 Å². The minimum Gasteiger partial charge on any atom is -0.455 e. The van der Waals surface area contributed by atoms with Crippen molar-refractivity contribution < 1.29 is 9.84 Å². The maximum atomic E-state index is 8.90. The van der Waals surface area contributed by atoms with Crippen molar-refractivity contribution in [1.82, 2.24) is 15.0 Å². The van der Waals surface area contributed by atoms with Crippen LogP contribution in [-0.4, -0.2) is 26.7 Å². The quantitative estimate of drug-likeness (QED) is 0.480. The second-order valence-corrected chi connectivity index (χ2v) is 6.63. The highest BCUT2D eigenvalue weighted by Crippen LogP contribution is 2.29. The van der Waals surface area contributed by atoms with Gasteiger partial charge in [-0.15, -0.1) is 0 Å². The Labute approximate surface area is 174 Å². The first-order valence-electron chi connectivity index (χ1n) is 9.53. The predicted octanol–water partition coefficient (Wildman–Crippen LogP) is 4.60. The minimum absolute atomic E-state index is 0.0519. The van der Waals surface area contributed by atoms with Crippen molar-refractivity contribution >= 4 is 22.4 Å². The number of aromatic nitrogens is 3. The van der Waals surface area contributed by atoms with Crippen molar-refractivity contribution in [2.45, 2.75) is 13.3 Å². The molecule has 0 radical (unpaired) electrons. The molecule has 0 spiro atoms. The highest BCUT2D eigenvalue weighted by molar-refractivity contribution is 5.91. The second kappa shape index (κ2) is 9.03. The molecule has 2 aromatic carbocycles. The van der Waals surface area contributed by atoms with E-state index in [1.165, 1.54) is 6.33 Å². The van der Waals surface area contributed by atoms with E-state index in [1.807, 2.05) is 55.5 Å². The van der Waals surface area contributed by atoms with Crippen LogP contribution in [0.3, 0.4) is 0 Å². The van der Waals surface area contributed by atoms with E-state index in [9.17, 15) is 0 Å². The van der Waals surface area contributed by atoms with E-state index in [1.54, 1.807) is 12.4 Å². The SMILES string of the molecule is Cc1cc(Nc2ncnc3ccc(C#CCCO)cc23)ccc1Oc1cccnc1. The molecule has 6 heteroatoms. The molecule has 2 N–H and O–H groups in total. The van der Waals surface area contributed by atoms with Crippen LogP contribution < -0.4 is 10.1 Å². The highest BCUT2D eigenvalue weighted by Gasteiger charge is 2.07. The molecular weight excluding hydrogens is 376 g/mol. The standard InChI is InChI=1S/C24H20N4O2/c1-17-13-19(8-10-23(17)30-20-6-4-11-25-15-20)28-24-21-14-18(5-2-3-12-29)7-9-22(21)26-16-27-24/h4,6-11,13-16,29H,3,12H2,1H3,(H,26,27,28). The molecule has 2 aromatic heterocycles. The number of pyridine rings is 1. The summed E-state index contributed by atoms with van der Waals surface area (Å²) in [6.45, 7) is 2.04. The van der Waals surface area contributed by atoms with Gasteiger partial charge < -0.3 is 15.2 Å². The van der Waals surface area contributed by atoms with E-state index < -0.39 is 0 Å². The Morgan fingerprint density at radius 1 is 1.10 bits per heavy atom. The fourth-order valence-electron chi connectivity index (χ4n) is 2.97. The maximum absolute atomic E-state index is 8.90. The van der Waals surface area contributed by atoms with Crippen molar-refractivity contribution in [1.29, 1.82) is 0 Å². The number of aliphatic hydroxyl groups is 1. The van der Waals surface area contributed by atoms with Crippen LogP contribution in [-0.2, 0) is 0 Å². The third kappa shape index (κ3) is 4.54. The molecule has 4 aromatic rings. The smallest absolute Gasteiger partial charge is 0.145 e. The van der Waals surface area contributed by atoms with Gasteiger partial charge in [-0.2, -0.15) is 0 Å². The normalized spacial score (nSPS) is 10.3. The Hall–Kier alpha value is -3.95. The van der Waals surface area contributed by atoms with Gasteiger partial charge in [-0.1, -0.05) is 11.8 Å². The molecule has 0 saturated carbocycles. The van der Waals surface area contributed by atoms with Crippen molar-refractivity contribution in [2.24, 2.45) is 0 Å². The van der Waals surface area contributed by atoms with Gasteiger partial charge in [-0.05, 0) is 61.0 Å². The Bertz CT molecular complexity index is 1230. The molecule has 30 heavy (non-hydrogen) atoms. The number of fused-ring (bicyclic) bond motifs is 1. The van der Waals surface area contributed by atoms with Crippen LogP contribution in [0.2, 0.25) is 0 Å². The second-order valence-electron chi connectivity index (χ2n) is 6.63. The molecule has 6 nitrogen and oxygen atoms in total. The fourth-order valence-corrected chi connectivity index (χ4v) is 2.97. The summed E-state index contributed by atoms with van der Waals surface area (Å²) in [6.07, 6.45) is 5.37. The number of benzene rings is 2. The Morgan fingerprint density at radius 3 is 2.83 bits per heavy atom. The third-order valence-electron chi connectivity index (χ3n) is 4.40. The van der Waals surface area contributed by atoms with Crippen LogP contribution in [0.5, 0.6) is 11.5 Å². The van der Waals surface area contributed by atoms with Gasteiger partial charge in [0.2, 0.25) is 0 Å². The van der Waals surface area contributed by atoms with Crippen LogP contribution in [0, 0.1) is 18.8 Å². The van der Waals surface area contributed by atoms with Gasteiger partial charge >= 0.3 is 0 Å². The summed E-state index contributed by atoms with van der Waals surface area (Å²) in [5, 5.41) is 13.1. The summed E-state index contributed by atoms with van der Waals surface area (Å²) in [7, 11) is 0. The van der Waals surface area contributed by atoms with Gasteiger partial charge in [0.05, 0.1) is 18.3 Å². The molecule has 0 amide bonds. The molecule has 4 rings (SSSR count). The number of rotatable bonds is 5. The fraction of sp³-hybridized carbons (Fsp3) is 0.125. The summed E-state index contributed by atoms with van der Waals surface area (Å²) >= 11 is 0. The number of nitrogens with zero attached hydrogens (tertiary/aromatic N) is 3. The molecular formula is C24H20N4O2. The van der Waals surface area contributed by atoms with E-state index >= 15 is 0 Å². The number of anilines is 2. The number of aliphatic hydroxyl groups excluding tert-OH is 1. The zero-order chi connectivity index (χ0) is 20.8. The lowest BCUT2D eigenvalue weighted by Crippen LogP contribution is -1.97. The lowest BCUT2D eigenvalue weighted by atomic mass is 10.1. The third-order valence-corrected chi connectivity index (χ3v) is 4.40. The van der Waals surface area contributed by atoms with Crippen molar-refractivity contribution in [2.75, 3.05) is 11.9 Å². The molecule has 148 valence electrons. The number of nitrogens with one attached hydrogen (secondary N) is 1. The zero-order valence-electron chi connectivity index (χ0n) is 16.5.